The third-order valence-electron chi connectivity index (χ3n) is 2.10. The number of hydrogen-bond acceptors (Lipinski definition) is 3. The molecule has 0 aliphatic carbocycles. The Kier molecular flexibility index (Phi) is 1.83. The van der Waals surface area contributed by atoms with Crippen molar-refractivity contribution in [2.45, 2.75) is 6.92 Å². The molecule has 2 aromatic heterocycles. The number of aromatic nitrogens is 2. The Morgan fingerprint density at radius 1 is 1.64 bits per heavy atom. The van der Waals surface area contributed by atoms with Crippen LogP contribution in [0.5, 0.6) is 5.75 Å². The van der Waals surface area contributed by atoms with Crippen molar-refractivity contribution in [3.8, 4) is 11.8 Å². The van der Waals surface area contributed by atoms with Gasteiger partial charge in [0.2, 0.25) is 0 Å². The number of fused-ring (bicyclic) bond motifs is 1. The van der Waals surface area contributed by atoms with Gasteiger partial charge >= 0.3 is 0 Å². The summed E-state index contributed by atoms with van der Waals surface area (Å²) >= 11 is 5.93. The molecule has 0 atom stereocenters. The molecule has 0 spiro atoms. The van der Waals surface area contributed by atoms with Gasteiger partial charge in [-0.25, -0.2) is 4.52 Å². The largest absolute Gasteiger partial charge is 0.506 e. The molecule has 70 valence electrons. The molecule has 0 unspecified atom stereocenters. The van der Waals surface area contributed by atoms with Gasteiger partial charge in [0, 0.05) is 5.56 Å². The molecule has 5 heteroatoms. The molecule has 0 radical (unpaired) electrons. The Labute approximate surface area is 85.0 Å². The monoisotopic (exact) mass is 207 g/mol. The minimum atomic E-state index is -0.0782. The molecule has 0 bridgehead atoms. The number of nitrogens with zero attached hydrogens (tertiary/aromatic N) is 3. The summed E-state index contributed by atoms with van der Waals surface area (Å²) in [6, 6.07) is 3.55. The molecule has 0 aromatic carbocycles. The van der Waals surface area contributed by atoms with Crippen molar-refractivity contribution in [3.63, 3.8) is 0 Å². The van der Waals surface area contributed by atoms with Crippen molar-refractivity contribution in [2.75, 3.05) is 0 Å². The molecule has 0 amide bonds. The molecular formula is C9H6ClN3O. The van der Waals surface area contributed by atoms with E-state index in [0.29, 0.717) is 16.2 Å². The van der Waals surface area contributed by atoms with Crippen molar-refractivity contribution in [1.29, 1.82) is 5.26 Å². The lowest BCUT2D eigenvalue weighted by atomic mass is 10.1. The summed E-state index contributed by atoms with van der Waals surface area (Å²) in [6.45, 7) is 1.64. The predicted molar refractivity (Wildman–Crippen MR) is 51.3 cm³/mol. The summed E-state index contributed by atoms with van der Waals surface area (Å²) in [5.74, 6) is -0.0782. The van der Waals surface area contributed by atoms with Crippen molar-refractivity contribution in [1.82, 2.24) is 9.61 Å². The third-order valence-corrected chi connectivity index (χ3v) is 2.54. The highest BCUT2D eigenvalue weighted by atomic mass is 35.5. The number of pyridine rings is 1. The van der Waals surface area contributed by atoms with Crippen LogP contribution < -0.4 is 0 Å². The van der Waals surface area contributed by atoms with Crippen LogP contribution in [0.15, 0.2) is 12.3 Å². The molecule has 14 heavy (non-hydrogen) atoms. The summed E-state index contributed by atoms with van der Waals surface area (Å²) in [6.07, 6.45) is 1.53. The molecule has 2 rings (SSSR count). The fourth-order valence-corrected chi connectivity index (χ4v) is 1.55. The van der Waals surface area contributed by atoms with Gasteiger partial charge in [-0.3, -0.25) is 0 Å². The maximum atomic E-state index is 9.65. The summed E-state index contributed by atoms with van der Waals surface area (Å²) in [5.41, 5.74) is 1.17. The van der Waals surface area contributed by atoms with Gasteiger partial charge < -0.3 is 5.11 Å². The summed E-state index contributed by atoms with van der Waals surface area (Å²) in [7, 11) is 0. The van der Waals surface area contributed by atoms with E-state index in [2.05, 4.69) is 5.10 Å². The van der Waals surface area contributed by atoms with Crippen LogP contribution in [0.25, 0.3) is 5.52 Å². The van der Waals surface area contributed by atoms with Crippen molar-refractivity contribution in [2.24, 2.45) is 0 Å². The van der Waals surface area contributed by atoms with Crippen LogP contribution in [0, 0.1) is 18.3 Å². The number of halogens is 1. The van der Waals surface area contributed by atoms with Crippen molar-refractivity contribution >= 4 is 17.1 Å². The minimum absolute atomic E-state index is 0.0782. The topological polar surface area (TPSA) is 61.3 Å². The van der Waals surface area contributed by atoms with E-state index in [1.54, 1.807) is 13.0 Å². The Balaban J connectivity index is 3.05. The summed E-state index contributed by atoms with van der Waals surface area (Å²) in [4.78, 5) is 0. The Morgan fingerprint density at radius 3 is 3.00 bits per heavy atom. The van der Waals surface area contributed by atoms with Crippen molar-refractivity contribution in [3.05, 3.63) is 28.5 Å². The van der Waals surface area contributed by atoms with E-state index in [9.17, 15) is 5.11 Å². The van der Waals surface area contributed by atoms with E-state index in [1.165, 1.54) is 10.7 Å². The average molecular weight is 208 g/mol. The van der Waals surface area contributed by atoms with Gasteiger partial charge in [0.1, 0.15) is 22.5 Å². The van der Waals surface area contributed by atoms with Gasteiger partial charge in [-0.2, -0.15) is 10.4 Å². The molecule has 2 heterocycles. The van der Waals surface area contributed by atoms with E-state index < -0.39 is 0 Å². The van der Waals surface area contributed by atoms with Crippen molar-refractivity contribution < 1.29 is 5.11 Å². The van der Waals surface area contributed by atoms with E-state index >= 15 is 0 Å². The normalized spacial score (nSPS) is 10.4. The molecule has 0 aliphatic rings. The van der Waals surface area contributed by atoms with E-state index in [0.717, 1.165) is 0 Å². The molecule has 0 fully saturated rings. The smallest absolute Gasteiger partial charge is 0.141 e. The second kappa shape index (κ2) is 2.89. The van der Waals surface area contributed by atoms with Crippen LogP contribution in [0.4, 0.5) is 0 Å². The lowest BCUT2D eigenvalue weighted by molar-refractivity contribution is 0.468. The minimum Gasteiger partial charge on any atom is -0.506 e. The number of hydrogen-bond donors (Lipinski definition) is 1. The van der Waals surface area contributed by atoms with Gasteiger partial charge in [0.15, 0.2) is 0 Å². The van der Waals surface area contributed by atoms with Gasteiger partial charge in [-0.1, -0.05) is 11.6 Å². The predicted octanol–water partition coefficient (Wildman–Crippen LogP) is 1.87. The van der Waals surface area contributed by atoms with Crippen LogP contribution in [0.3, 0.4) is 0 Å². The van der Waals surface area contributed by atoms with Crippen LogP contribution in [0.1, 0.15) is 11.1 Å². The van der Waals surface area contributed by atoms with Gasteiger partial charge in [0.05, 0.1) is 11.7 Å². The fraction of sp³-hybridized carbons (Fsp3) is 0.111. The van der Waals surface area contributed by atoms with Gasteiger partial charge in [-0.15, -0.1) is 0 Å². The first-order valence-corrected chi connectivity index (χ1v) is 4.29. The maximum Gasteiger partial charge on any atom is 0.141 e. The number of aromatic hydroxyl groups is 1. The molecule has 2 aromatic rings. The third kappa shape index (κ3) is 0.963. The Bertz CT molecular complexity index is 553. The molecule has 1 N–H and O–H groups in total. The van der Waals surface area contributed by atoms with Crippen LogP contribution >= 0.6 is 11.6 Å². The molecule has 0 saturated carbocycles. The van der Waals surface area contributed by atoms with E-state index in [4.69, 9.17) is 16.9 Å². The second-order valence-electron chi connectivity index (χ2n) is 2.88. The van der Waals surface area contributed by atoms with Crippen LogP contribution in [0.2, 0.25) is 5.15 Å². The highest BCUT2D eigenvalue weighted by Gasteiger charge is 2.15. The maximum absolute atomic E-state index is 9.65. The van der Waals surface area contributed by atoms with Gasteiger partial charge in [-0.05, 0) is 13.0 Å². The zero-order valence-corrected chi connectivity index (χ0v) is 8.08. The van der Waals surface area contributed by atoms with Crippen LogP contribution in [-0.2, 0) is 0 Å². The first-order valence-electron chi connectivity index (χ1n) is 3.91. The first kappa shape index (κ1) is 8.85. The number of nitriles is 1. The Hall–Kier alpha value is -1.73. The SMILES string of the molecule is Cc1c(O)c(C#N)c2ccnn2c1Cl. The standard InChI is InChI=1S/C9H6ClN3O/c1-5-8(14)6(4-11)7-2-3-12-13(7)9(5)10/h2-3,14H,1H3. The van der Waals surface area contributed by atoms with E-state index in [-0.39, 0.29) is 11.3 Å². The Morgan fingerprint density at radius 2 is 2.36 bits per heavy atom. The molecule has 4 nitrogen and oxygen atoms in total. The lowest BCUT2D eigenvalue weighted by Crippen LogP contribution is -1.96. The average Bonchev–Trinajstić information content (AvgIpc) is 2.64. The highest BCUT2D eigenvalue weighted by molar-refractivity contribution is 6.30. The van der Waals surface area contributed by atoms with E-state index in [1.807, 2.05) is 6.07 Å². The molecule has 0 saturated heterocycles. The van der Waals surface area contributed by atoms with Crippen LogP contribution in [-0.4, -0.2) is 14.7 Å². The highest BCUT2D eigenvalue weighted by Crippen LogP contribution is 2.31. The zero-order valence-electron chi connectivity index (χ0n) is 7.32. The quantitative estimate of drug-likeness (QED) is 0.671. The fourth-order valence-electron chi connectivity index (χ4n) is 1.32. The number of rotatable bonds is 0. The summed E-state index contributed by atoms with van der Waals surface area (Å²) < 4.78 is 1.43. The lowest BCUT2D eigenvalue weighted by Gasteiger charge is -2.06. The molecular weight excluding hydrogens is 202 g/mol. The molecule has 0 aliphatic heterocycles. The van der Waals surface area contributed by atoms with Gasteiger partial charge in [0.25, 0.3) is 0 Å². The summed E-state index contributed by atoms with van der Waals surface area (Å²) in [5, 5.41) is 22.8. The first-order chi connectivity index (χ1) is 6.66. The zero-order chi connectivity index (χ0) is 10.3. The second-order valence-corrected chi connectivity index (χ2v) is 3.24.